The number of carbonyl (C=O) groups is 1. The number of aromatic carboxylic acids is 1. The molecule has 1 aliphatic rings. The number of benzene rings is 2. The Morgan fingerprint density at radius 3 is 2.45 bits per heavy atom. The van der Waals surface area contributed by atoms with Gasteiger partial charge in [0.05, 0.1) is 24.0 Å². The molecule has 2 aromatic carbocycles. The highest BCUT2D eigenvalue weighted by Crippen LogP contribution is 2.33. The number of ether oxygens (including phenoxy) is 1. The number of methoxy groups -OCH3 is 1. The first-order valence-corrected chi connectivity index (χ1v) is 11.9. The monoisotopic (exact) mass is 475 g/mol. The maximum atomic E-state index is 14.1. The second-order valence-electron chi connectivity index (χ2n) is 7.70. The molecule has 1 fully saturated rings. The van der Waals surface area contributed by atoms with E-state index in [0.717, 1.165) is 24.5 Å². The molecule has 3 rings (SSSR count). The Balaban J connectivity index is 1.78. The van der Waals surface area contributed by atoms with Gasteiger partial charge in [-0.2, -0.15) is 0 Å². The minimum atomic E-state index is -4.26. The van der Waals surface area contributed by atoms with E-state index in [1.807, 2.05) is 24.3 Å². The molecule has 0 aromatic heterocycles. The molecule has 2 aromatic rings. The minimum Gasteiger partial charge on any atom is -0.495 e. The van der Waals surface area contributed by atoms with Gasteiger partial charge in [-0.05, 0) is 42.5 Å². The number of rotatable bonds is 8. The van der Waals surface area contributed by atoms with Crippen LogP contribution in [0.2, 0.25) is 0 Å². The lowest BCUT2D eigenvalue weighted by Gasteiger charge is -2.21. The molecule has 4 N–H and O–H groups in total. The molecule has 0 spiro atoms. The molecule has 1 aliphatic carbocycles. The summed E-state index contributed by atoms with van der Waals surface area (Å²) >= 11 is 0. The molecule has 0 unspecified atom stereocenters. The maximum absolute atomic E-state index is 14.1. The van der Waals surface area contributed by atoms with E-state index >= 15 is 0 Å². The second-order valence-corrected chi connectivity index (χ2v) is 9.38. The number of nitrogens with zero attached hydrogens (tertiary/aromatic N) is 1. The van der Waals surface area contributed by atoms with Crippen molar-refractivity contribution in [1.29, 1.82) is 0 Å². The Kier molecular flexibility index (Phi) is 7.70. The van der Waals surface area contributed by atoms with Crippen LogP contribution in [-0.2, 0) is 10.0 Å². The molecule has 1 saturated carbocycles. The van der Waals surface area contributed by atoms with E-state index in [0.29, 0.717) is 11.6 Å². The largest absolute Gasteiger partial charge is 0.495 e. The highest BCUT2D eigenvalue weighted by Gasteiger charge is 2.22. The Hall–Kier alpha value is -3.40. The number of aliphatic imine (C=N–C) groups is 1. The number of nitrogens with one attached hydrogen (secondary N) is 1. The standard InChI is InChI=1S/C23H26FN3O5S/c1-32-22-11-19(23(28)29)20(24)12-21(22)27-33(30,31)18(13-25)14-26-17-9-7-16(8-10-17)15-5-3-2-4-6-15/h7-15,27H,2-6,25H2,1H3,(H,28,29)/b18-13+,26-14?. The third-order valence-electron chi connectivity index (χ3n) is 5.55. The quantitative estimate of drug-likeness (QED) is 0.481. The van der Waals surface area contributed by atoms with Crippen LogP contribution in [0.4, 0.5) is 15.8 Å². The Labute approximate surface area is 192 Å². The van der Waals surface area contributed by atoms with Gasteiger partial charge in [-0.25, -0.2) is 17.6 Å². The van der Waals surface area contributed by atoms with E-state index in [2.05, 4.69) is 9.71 Å². The number of hydrogen-bond acceptors (Lipinski definition) is 6. The SMILES string of the molecule is COc1cc(C(=O)O)c(F)cc1NS(=O)(=O)/C(C=Nc1ccc(C2CCCCC2)cc1)=C/N. The first kappa shape index (κ1) is 24.2. The normalized spacial score (nSPS) is 15.5. The van der Waals surface area contributed by atoms with E-state index < -0.39 is 27.4 Å². The highest BCUT2D eigenvalue weighted by molar-refractivity contribution is 7.97. The number of nitrogens with two attached hydrogens (primary N) is 1. The van der Waals surface area contributed by atoms with Crippen LogP contribution in [0.1, 0.15) is 53.9 Å². The molecular formula is C23H26FN3O5S. The van der Waals surface area contributed by atoms with Crippen molar-refractivity contribution in [3.63, 3.8) is 0 Å². The minimum absolute atomic E-state index is 0.163. The average Bonchev–Trinajstić information content (AvgIpc) is 2.80. The smallest absolute Gasteiger partial charge is 0.338 e. The molecule has 0 heterocycles. The van der Waals surface area contributed by atoms with E-state index in [1.165, 1.54) is 44.8 Å². The number of sulfonamides is 1. The lowest BCUT2D eigenvalue weighted by atomic mass is 9.84. The molecule has 0 amide bonds. The topological polar surface area (TPSA) is 131 Å². The van der Waals surface area contributed by atoms with Gasteiger partial charge in [-0.3, -0.25) is 9.71 Å². The van der Waals surface area contributed by atoms with Gasteiger partial charge >= 0.3 is 5.97 Å². The summed E-state index contributed by atoms with van der Waals surface area (Å²) in [4.78, 5) is 14.9. The number of allylic oxidation sites excluding steroid dienone is 1. The molecule has 10 heteroatoms. The zero-order chi connectivity index (χ0) is 24.0. The summed E-state index contributed by atoms with van der Waals surface area (Å²) in [5.74, 6) is -2.25. The summed E-state index contributed by atoms with van der Waals surface area (Å²) in [7, 11) is -3.06. The zero-order valence-corrected chi connectivity index (χ0v) is 18.9. The fraction of sp³-hybridized carbons (Fsp3) is 0.304. The van der Waals surface area contributed by atoms with E-state index in [-0.39, 0.29) is 16.3 Å². The van der Waals surface area contributed by atoms with Gasteiger partial charge in [-0.1, -0.05) is 31.4 Å². The highest BCUT2D eigenvalue weighted by atomic mass is 32.2. The lowest BCUT2D eigenvalue weighted by Crippen LogP contribution is -2.18. The number of carboxylic acid groups (broad SMARTS) is 1. The van der Waals surface area contributed by atoms with Crippen LogP contribution >= 0.6 is 0 Å². The summed E-state index contributed by atoms with van der Waals surface area (Å²) in [5.41, 5.74) is 6.38. The number of carboxylic acids is 1. The van der Waals surface area contributed by atoms with Gasteiger partial charge in [-0.15, -0.1) is 0 Å². The predicted molar refractivity (Wildman–Crippen MR) is 125 cm³/mol. The zero-order valence-electron chi connectivity index (χ0n) is 18.1. The van der Waals surface area contributed by atoms with Crippen molar-refractivity contribution < 1.29 is 27.4 Å². The van der Waals surface area contributed by atoms with Crippen LogP contribution in [-0.4, -0.2) is 32.8 Å². The van der Waals surface area contributed by atoms with Gasteiger partial charge in [0.2, 0.25) is 0 Å². The lowest BCUT2D eigenvalue weighted by molar-refractivity contribution is 0.0691. The summed E-state index contributed by atoms with van der Waals surface area (Å²) in [6, 6.07) is 9.26. The molecule has 176 valence electrons. The van der Waals surface area contributed by atoms with Crippen LogP contribution in [0.5, 0.6) is 5.75 Å². The van der Waals surface area contributed by atoms with Crippen molar-refractivity contribution in [3.05, 3.63) is 64.4 Å². The Bertz CT molecular complexity index is 1170. The number of halogens is 1. The van der Waals surface area contributed by atoms with Gasteiger partial charge in [0, 0.05) is 18.5 Å². The van der Waals surface area contributed by atoms with Gasteiger partial charge in [0.25, 0.3) is 10.0 Å². The molecule has 0 saturated heterocycles. The molecule has 0 aliphatic heterocycles. The summed E-state index contributed by atoms with van der Waals surface area (Å²) in [5, 5.41) is 9.03. The molecule has 0 radical (unpaired) electrons. The molecule has 33 heavy (non-hydrogen) atoms. The fourth-order valence-corrected chi connectivity index (χ4v) is 4.72. The van der Waals surface area contributed by atoms with Crippen LogP contribution in [0.3, 0.4) is 0 Å². The van der Waals surface area contributed by atoms with Gasteiger partial charge in [0.1, 0.15) is 16.5 Å². The first-order chi connectivity index (χ1) is 15.7. The van der Waals surface area contributed by atoms with Crippen molar-refractivity contribution >= 4 is 33.6 Å². The van der Waals surface area contributed by atoms with Crippen molar-refractivity contribution in [2.75, 3.05) is 11.8 Å². The third-order valence-corrected chi connectivity index (χ3v) is 6.90. The van der Waals surface area contributed by atoms with Gasteiger partial charge < -0.3 is 15.6 Å². The van der Waals surface area contributed by atoms with E-state index in [4.69, 9.17) is 15.6 Å². The Morgan fingerprint density at radius 1 is 1.21 bits per heavy atom. The van der Waals surface area contributed by atoms with Crippen molar-refractivity contribution in [2.24, 2.45) is 10.7 Å². The van der Waals surface area contributed by atoms with Crippen LogP contribution < -0.4 is 15.2 Å². The maximum Gasteiger partial charge on any atom is 0.338 e. The number of anilines is 1. The number of hydrogen-bond donors (Lipinski definition) is 3. The third kappa shape index (κ3) is 5.89. The van der Waals surface area contributed by atoms with E-state index in [1.54, 1.807) is 0 Å². The molecular weight excluding hydrogens is 449 g/mol. The van der Waals surface area contributed by atoms with E-state index in [9.17, 15) is 17.6 Å². The van der Waals surface area contributed by atoms with Crippen molar-refractivity contribution in [3.8, 4) is 5.75 Å². The fourth-order valence-electron chi connectivity index (χ4n) is 3.78. The summed E-state index contributed by atoms with van der Waals surface area (Å²) in [6.45, 7) is 0. The second kappa shape index (κ2) is 10.5. The van der Waals surface area contributed by atoms with Crippen LogP contribution in [0.25, 0.3) is 0 Å². The molecule has 0 atom stereocenters. The predicted octanol–water partition coefficient (Wildman–Crippen LogP) is 4.52. The van der Waals surface area contributed by atoms with Crippen molar-refractivity contribution in [2.45, 2.75) is 38.0 Å². The average molecular weight is 476 g/mol. The summed E-state index contributed by atoms with van der Waals surface area (Å²) < 4.78 is 46.8. The van der Waals surface area contributed by atoms with Crippen LogP contribution in [0.15, 0.2) is 52.5 Å². The first-order valence-electron chi connectivity index (χ1n) is 10.4. The molecule has 0 bridgehead atoms. The van der Waals surface area contributed by atoms with Crippen molar-refractivity contribution in [1.82, 2.24) is 0 Å². The molecule has 8 nitrogen and oxygen atoms in total. The summed E-state index contributed by atoms with van der Waals surface area (Å²) in [6.07, 6.45) is 8.02. The van der Waals surface area contributed by atoms with Gasteiger partial charge in [0.15, 0.2) is 0 Å². The Morgan fingerprint density at radius 2 is 1.88 bits per heavy atom. The van der Waals surface area contributed by atoms with Crippen LogP contribution in [0, 0.1) is 5.82 Å².